The number of hydrogen-bond donors (Lipinski definition) is 1. The Balaban J connectivity index is 1.88. The molecule has 0 spiro atoms. The molecule has 1 fully saturated rings. The van der Waals surface area contributed by atoms with Crippen LogP contribution in [0.4, 0.5) is 5.82 Å². The molecule has 0 saturated carbocycles. The summed E-state index contributed by atoms with van der Waals surface area (Å²) in [4.78, 5) is 8.16. The van der Waals surface area contributed by atoms with Gasteiger partial charge in [-0.15, -0.1) is 0 Å². The molecular weight excluding hydrogens is 309 g/mol. The molecule has 0 radical (unpaired) electrons. The van der Waals surface area contributed by atoms with Gasteiger partial charge >= 0.3 is 0 Å². The van der Waals surface area contributed by atoms with Crippen molar-refractivity contribution in [2.75, 3.05) is 17.6 Å². The number of nitrogens with zero attached hydrogens (tertiary/aromatic N) is 2. The molecule has 0 bridgehead atoms. The zero-order chi connectivity index (χ0) is 9.80. The van der Waals surface area contributed by atoms with Crippen molar-refractivity contribution in [3.8, 4) is 0 Å². The molecule has 14 heavy (non-hydrogen) atoms. The van der Waals surface area contributed by atoms with Crippen LogP contribution in [0.15, 0.2) is 12.5 Å². The van der Waals surface area contributed by atoms with E-state index in [0.29, 0.717) is 0 Å². The van der Waals surface area contributed by atoms with Crippen molar-refractivity contribution < 1.29 is 0 Å². The highest BCUT2D eigenvalue weighted by Gasteiger charge is 2.15. The number of aromatic nitrogens is 2. The van der Waals surface area contributed by atoms with E-state index in [4.69, 9.17) is 0 Å². The van der Waals surface area contributed by atoms with Crippen molar-refractivity contribution in [3.63, 3.8) is 0 Å². The van der Waals surface area contributed by atoms with E-state index in [1.165, 1.54) is 18.6 Å². The van der Waals surface area contributed by atoms with Gasteiger partial charge in [0.25, 0.3) is 0 Å². The summed E-state index contributed by atoms with van der Waals surface area (Å²) in [6.45, 7) is 1.03. The van der Waals surface area contributed by atoms with Gasteiger partial charge in [0.1, 0.15) is 12.1 Å². The molecule has 1 saturated heterocycles. The fraction of sp³-hybridized carbons (Fsp3) is 0.556. The molecule has 76 valence electrons. The summed E-state index contributed by atoms with van der Waals surface area (Å²) in [6.07, 6.45) is 6.11. The third kappa shape index (κ3) is 2.73. The van der Waals surface area contributed by atoms with Crippen LogP contribution in [-0.2, 0) is 0 Å². The Kier molecular flexibility index (Phi) is 3.86. The van der Waals surface area contributed by atoms with E-state index in [1.807, 2.05) is 6.20 Å². The highest BCUT2D eigenvalue weighted by atomic mass is 127. The number of nitrogens with one attached hydrogen (secondary N) is 1. The average Bonchev–Trinajstić information content (AvgIpc) is 2.69. The third-order valence-corrected chi connectivity index (χ3v) is 4.38. The molecule has 1 aromatic heterocycles. The molecule has 1 atom stereocenters. The zero-order valence-corrected chi connectivity index (χ0v) is 10.7. The molecule has 1 aliphatic rings. The van der Waals surface area contributed by atoms with Crippen LogP contribution in [0.1, 0.15) is 12.8 Å². The summed E-state index contributed by atoms with van der Waals surface area (Å²) < 4.78 is 1.09. The molecule has 1 aliphatic heterocycles. The fourth-order valence-corrected chi connectivity index (χ4v) is 3.15. The second-order valence-corrected chi connectivity index (χ2v) is 5.81. The fourth-order valence-electron chi connectivity index (χ4n) is 1.46. The summed E-state index contributed by atoms with van der Waals surface area (Å²) in [6, 6.07) is 0. The van der Waals surface area contributed by atoms with Gasteiger partial charge in [0, 0.05) is 18.0 Å². The summed E-state index contributed by atoms with van der Waals surface area (Å²) >= 11 is 4.31. The molecule has 2 heterocycles. The van der Waals surface area contributed by atoms with E-state index in [1.54, 1.807) is 6.33 Å². The molecular formula is C9H12IN3S. The Labute approximate surface area is 102 Å². The summed E-state index contributed by atoms with van der Waals surface area (Å²) in [5.74, 6) is 2.28. The lowest BCUT2D eigenvalue weighted by Crippen LogP contribution is -2.15. The Morgan fingerprint density at radius 3 is 3.29 bits per heavy atom. The molecule has 0 aliphatic carbocycles. The van der Waals surface area contributed by atoms with Gasteiger partial charge in [-0.25, -0.2) is 9.97 Å². The lowest BCUT2D eigenvalue weighted by molar-refractivity contribution is 0.802. The Hall–Kier alpha value is -0.0400. The predicted octanol–water partition coefficient (Wildman–Crippen LogP) is 2.39. The van der Waals surface area contributed by atoms with Gasteiger partial charge < -0.3 is 5.32 Å². The Morgan fingerprint density at radius 1 is 1.64 bits per heavy atom. The van der Waals surface area contributed by atoms with Crippen LogP contribution in [0, 0.1) is 3.57 Å². The molecule has 1 aromatic rings. The minimum Gasteiger partial charge on any atom is -0.368 e. The minimum atomic E-state index is 0.765. The highest BCUT2D eigenvalue weighted by Crippen LogP contribution is 2.26. The second kappa shape index (κ2) is 5.16. The summed E-state index contributed by atoms with van der Waals surface area (Å²) in [5.41, 5.74) is 0. The largest absolute Gasteiger partial charge is 0.368 e. The first-order chi connectivity index (χ1) is 6.86. The van der Waals surface area contributed by atoms with Crippen molar-refractivity contribution in [3.05, 3.63) is 16.1 Å². The van der Waals surface area contributed by atoms with Gasteiger partial charge in [-0.1, -0.05) is 0 Å². The van der Waals surface area contributed by atoms with Crippen LogP contribution < -0.4 is 5.32 Å². The van der Waals surface area contributed by atoms with Crippen molar-refractivity contribution in [2.45, 2.75) is 18.1 Å². The maximum Gasteiger partial charge on any atom is 0.142 e. The van der Waals surface area contributed by atoms with Crippen molar-refractivity contribution in [2.24, 2.45) is 0 Å². The van der Waals surface area contributed by atoms with Crippen LogP contribution in [0.25, 0.3) is 0 Å². The molecule has 5 heteroatoms. The smallest absolute Gasteiger partial charge is 0.142 e. The van der Waals surface area contributed by atoms with Gasteiger partial charge in [0.15, 0.2) is 0 Å². The van der Waals surface area contributed by atoms with E-state index in [9.17, 15) is 0 Å². The minimum absolute atomic E-state index is 0.765. The van der Waals surface area contributed by atoms with Crippen LogP contribution in [-0.4, -0.2) is 27.5 Å². The molecule has 1 unspecified atom stereocenters. The van der Waals surface area contributed by atoms with E-state index in [-0.39, 0.29) is 0 Å². The standard InChI is InChI=1S/C9H12IN3S/c10-8-5-11-6-13-9(8)12-4-7-2-1-3-14-7/h5-7H,1-4H2,(H,11,12,13). The lowest BCUT2D eigenvalue weighted by Gasteiger charge is -2.10. The first kappa shape index (κ1) is 10.5. The van der Waals surface area contributed by atoms with E-state index >= 15 is 0 Å². The molecule has 3 nitrogen and oxygen atoms in total. The van der Waals surface area contributed by atoms with E-state index < -0.39 is 0 Å². The van der Waals surface area contributed by atoms with Crippen molar-refractivity contribution >= 4 is 40.2 Å². The van der Waals surface area contributed by atoms with E-state index in [2.05, 4.69) is 49.6 Å². The molecule has 0 aromatic carbocycles. The zero-order valence-electron chi connectivity index (χ0n) is 7.74. The number of rotatable bonds is 3. The van der Waals surface area contributed by atoms with Gasteiger partial charge in [-0.3, -0.25) is 0 Å². The number of anilines is 1. The normalized spacial score (nSPS) is 21.1. The van der Waals surface area contributed by atoms with Crippen LogP contribution in [0.5, 0.6) is 0 Å². The average molecular weight is 321 g/mol. The number of halogens is 1. The predicted molar refractivity (Wildman–Crippen MR) is 68.7 cm³/mol. The topological polar surface area (TPSA) is 37.8 Å². The third-order valence-electron chi connectivity index (χ3n) is 2.19. The maximum absolute atomic E-state index is 4.20. The Morgan fingerprint density at radius 2 is 2.57 bits per heavy atom. The molecule has 1 N–H and O–H groups in total. The first-order valence-corrected chi connectivity index (χ1v) is 6.80. The van der Waals surface area contributed by atoms with Gasteiger partial charge in [0.2, 0.25) is 0 Å². The monoisotopic (exact) mass is 321 g/mol. The van der Waals surface area contributed by atoms with Crippen LogP contribution in [0.3, 0.4) is 0 Å². The highest BCUT2D eigenvalue weighted by molar-refractivity contribution is 14.1. The number of hydrogen-bond acceptors (Lipinski definition) is 4. The summed E-state index contributed by atoms with van der Waals surface area (Å²) in [7, 11) is 0. The Bertz CT molecular complexity index is 302. The van der Waals surface area contributed by atoms with E-state index in [0.717, 1.165) is 21.2 Å². The van der Waals surface area contributed by atoms with Crippen molar-refractivity contribution in [1.82, 2.24) is 9.97 Å². The molecule has 0 amide bonds. The summed E-state index contributed by atoms with van der Waals surface area (Å²) in [5, 5.41) is 4.14. The maximum atomic E-state index is 4.20. The first-order valence-electron chi connectivity index (χ1n) is 4.67. The van der Waals surface area contributed by atoms with Gasteiger partial charge in [0.05, 0.1) is 3.57 Å². The van der Waals surface area contributed by atoms with Crippen LogP contribution in [0.2, 0.25) is 0 Å². The lowest BCUT2D eigenvalue weighted by atomic mass is 10.2. The second-order valence-electron chi connectivity index (χ2n) is 3.24. The van der Waals surface area contributed by atoms with Crippen molar-refractivity contribution in [1.29, 1.82) is 0 Å². The van der Waals surface area contributed by atoms with Gasteiger partial charge in [-0.05, 0) is 41.2 Å². The van der Waals surface area contributed by atoms with Crippen LogP contribution >= 0.6 is 34.4 Å². The SMILES string of the molecule is Ic1cncnc1NCC1CCCS1. The molecule has 2 rings (SSSR count). The number of thioether (sulfide) groups is 1. The quantitative estimate of drug-likeness (QED) is 0.868. The van der Waals surface area contributed by atoms with Gasteiger partial charge in [-0.2, -0.15) is 11.8 Å².